The molecule has 0 aromatic heterocycles. The number of hydrogen-bond acceptors (Lipinski definition) is 5. The molecule has 0 bridgehead atoms. The van der Waals surface area contributed by atoms with Crippen molar-refractivity contribution in [3.63, 3.8) is 0 Å². The third kappa shape index (κ3) is 3.14. The summed E-state index contributed by atoms with van der Waals surface area (Å²) in [5.74, 6) is -0.0901. The first kappa shape index (κ1) is 16.4. The molecule has 0 spiro atoms. The van der Waals surface area contributed by atoms with Crippen molar-refractivity contribution < 1.29 is 24.2 Å². The molecule has 3 unspecified atom stereocenters. The zero-order chi connectivity index (χ0) is 15.6. The van der Waals surface area contributed by atoms with E-state index in [1.54, 1.807) is 24.1 Å². The fraction of sp³-hybridized carbons (Fsp3) is 0.538. The molecule has 2 aliphatic rings. The number of carbonyl (C=O) groups excluding carboxylic acids is 1. The van der Waals surface area contributed by atoms with Crippen molar-refractivity contribution in [1.82, 2.24) is 4.90 Å². The standard InChI is InChI=1S/C13H18N2O4S2/c1-15(12(18)10-4-2-3-5-19-10)7-9(8-16)14(13(20)21)6-11(15)17/h3-5,9,11,16-17H,2,6-8H2,1H3/p+1. The van der Waals surface area contributed by atoms with Gasteiger partial charge in [-0.2, -0.15) is 0 Å². The first-order chi connectivity index (χ1) is 9.90. The topological polar surface area (TPSA) is 70.0 Å². The van der Waals surface area contributed by atoms with E-state index in [4.69, 9.17) is 17.0 Å². The summed E-state index contributed by atoms with van der Waals surface area (Å²) in [4.78, 5) is 14.3. The molecular weight excluding hydrogens is 312 g/mol. The van der Waals surface area contributed by atoms with E-state index < -0.39 is 6.23 Å². The number of carbonyl (C=O) groups is 1. The van der Waals surface area contributed by atoms with E-state index in [0.29, 0.717) is 10.7 Å². The van der Waals surface area contributed by atoms with Gasteiger partial charge in [0.05, 0.1) is 26.5 Å². The molecule has 1 amide bonds. The lowest BCUT2D eigenvalue weighted by Gasteiger charge is -2.47. The molecule has 0 aromatic carbocycles. The number of amides is 1. The average Bonchev–Trinajstić information content (AvgIpc) is 2.49. The Morgan fingerprint density at radius 2 is 2.38 bits per heavy atom. The third-order valence-electron chi connectivity index (χ3n) is 3.91. The van der Waals surface area contributed by atoms with Gasteiger partial charge in [0, 0.05) is 0 Å². The van der Waals surface area contributed by atoms with Crippen LogP contribution in [0.25, 0.3) is 0 Å². The minimum absolute atomic E-state index is 0.138. The zero-order valence-electron chi connectivity index (χ0n) is 11.7. The number of likely N-dealkylation sites (N-methyl/N-ethyl adjacent to an activating group) is 1. The van der Waals surface area contributed by atoms with Gasteiger partial charge in [0.2, 0.25) is 12.0 Å². The number of β-amino-alcohol motifs (C(OH)–C–C–N with tert-alkyl or cyclic N) is 1. The fourth-order valence-electron chi connectivity index (χ4n) is 2.56. The summed E-state index contributed by atoms with van der Waals surface area (Å²) < 4.78 is 5.28. The van der Waals surface area contributed by atoms with Gasteiger partial charge in [-0.05, 0) is 18.6 Å². The van der Waals surface area contributed by atoms with Crippen LogP contribution in [-0.2, 0) is 9.53 Å². The number of ether oxygens (including phenoxy) is 1. The monoisotopic (exact) mass is 331 g/mol. The molecule has 3 atom stereocenters. The van der Waals surface area contributed by atoms with Crippen LogP contribution in [0.2, 0.25) is 0 Å². The normalized spacial score (nSPS) is 32.4. The lowest BCUT2D eigenvalue weighted by Crippen LogP contribution is -2.70. The van der Waals surface area contributed by atoms with Crippen LogP contribution in [0.5, 0.6) is 0 Å². The number of allylic oxidation sites excluding steroid dienone is 2. The number of thiocarbonyl (C=S) groups is 1. The molecule has 1 fully saturated rings. The highest BCUT2D eigenvalue weighted by Crippen LogP contribution is 2.26. The Kier molecular flexibility index (Phi) is 5.05. The lowest BCUT2D eigenvalue weighted by atomic mass is 10.1. The van der Waals surface area contributed by atoms with Gasteiger partial charge < -0.3 is 19.8 Å². The smallest absolute Gasteiger partial charge is 0.383 e. The molecule has 2 rings (SSSR count). The summed E-state index contributed by atoms with van der Waals surface area (Å²) in [6.07, 6.45) is 4.59. The van der Waals surface area contributed by atoms with Crippen molar-refractivity contribution in [2.75, 3.05) is 26.7 Å². The highest BCUT2D eigenvalue weighted by Gasteiger charge is 2.49. The van der Waals surface area contributed by atoms with Crippen LogP contribution in [0.4, 0.5) is 0 Å². The molecular formula is C13H19N2O4S2+. The third-order valence-corrected chi connectivity index (χ3v) is 4.40. The molecule has 116 valence electrons. The van der Waals surface area contributed by atoms with Gasteiger partial charge in [-0.1, -0.05) is 12.2 Å². The van der Waals surface area contributed by atoms with Gasteiger partial charge in [-0.15, -0.1) is 12.6 Å². The second-order valence-electron chi connectivity index (χ2n) is 5.30. The molecule has 0 saturated carbocycles. The SMILES string of the molecule is C[N+]1(C(=O)C2=CCC=CO2)CC(CO)N(C(=S)S)CC1O. The Labute approximate surface area is 134 Å². The van der Waals surface area contributed by atoms with Crippen LogP contribution in [-0.4, -0.2) is 68.8 Å². The zero-order valence-corrected chi connectivity index (χ0v) is 13.4. The van der Waals surface area contributed by atoms with Crippen molar-refractivity contribution in [3.05, 3.63) is 24.2 Å². The maximum absolute atomic E-state index is 12.7. The van der Waals surface area contributed by atoms with Gasteiger partial charge in [-0.3, -0.25) is 0 Å². The van der Waals surface area contributed by atoms with E-state index in [1.165, 1.54) is 6.26 Å². The number of hydrogen-bond donors (Lipinski definition) is 3. The highest BCUT2D eigenvalue weighted by molar-refractivity contribution is 8.10. The molecule has 2 N–H and O–H groups in total. The number of thiol groups is 1. The Morgan fingerprint density at radius 3 is 2.90 bits per heavy atom. The highest BCUT2D eigenvalue weighted by atomic mass is 32.1. The van der Waals surface area contributed by atoms with Crippen LogP contribution >= 0.6 is 24.8 Å². The fourth-order valence-corrected chi connectivity index (χ4v) is 3.03. The van der Waals surface area contributed by atoms with Crippen LogP contribution in [0.15, 0.2) is 24.2 Å². The van der Waals surface area contributed by atoms with Gasteiger partial charge in [0.1, 0.15) is 16.9 Å². The van der Waals surface area contributed by atoms with Gasteiger partial charge >= 0.3 is 5.91 Å². The maximum Gasteiger partial charge on any atom is 0.383 e. The Balaban J connectivity index is 2.23. The Bertz CT molecular complexity index is 508. The van der Waals surface area contributed by atoms with Gasteiger partial charge in [-0.25, -0.2) is 9.28 Å². The molecule has 2 aliphatic heterocycles. The number of quaternary nitrogens is 1. The van der Waals surface area contributed by atoms with E-state index in [2.05, 4.69) is 12.6 Å². The van der Waals surface area contributed by atoms with Crippen LogP contribution in [0, 0.1) is 0 Å². The Morgan fingerprint density at radius 1 is 1.67 bits per heavy atom. The van der Waals surface area contributed by atoms with Crippen LogP contribution in [0.1, 0.15) is 6.42 Å². The predicted octanol–water partition coefficient (Wildman–Crippen LogP) is -0.0129. The first-order valence-corrected chi connectivity index (χ1v) is 7.46. The maximum atomic E-state index is 12.7. The first-order valence-electron chi connectivity index (χ1n) is 6.60. The van der Waals surface area contributed by atoms with Crippen molar-refractivity contribution in [2.45, 2.75) is 18.7 Å². The lowest BCUT2D eigenvalue weighted by molar-refractivity contribution is -0.890. The van der Waals surface area contributed by atoms with E-state index in [0.717, 1.165) is 0 Å². The quantitative estimate of drug-likeness (QED) is 0.376. The number of piperazine rings is 1. The van der Waals surface area contributed by atoms with Gasteiger partial charge in [0.25, 0.3) is 0 Å². The summed E-state index contributed by atoms with van der Waals surface area (Å²) in [5.41, 5.74) is 0. The number of aliphatic hydroxyl groups is 2. The van der Waals surface area contributed by atoms with Crippen LogP contribution < -0.4 is 0 Å². The predicted molar refractivity (Wildman–Crippen MR) is 84.2 cm³/mol. The summed E-state index contributed by atoms with van der Waals surface area (Å²) in [7, 11) is 1.64. The van der Waals surface area contributed by atoms with Crippen molar-refractivity contribution in [1.29, 1.82) is 0 Å². The number of nitrogens with zero attached hydrogens (tertiary/aromatic N) is 2. The number of rotatable bonds is 2. The summed E-state index contributed by atoms with van der Waals surface area (Å²) >= 11 is 9.11. The molecule has 0 aliphatic carbocycles. The van der Waals surface area contributed by atoms with Gasteiger partial charge in [0.15, 0.2) is 0 Å². The summed E-state index contributed by atoms with van der Waals surface area (Å²) in [6.45, 7) is 0.189. The van der Waals surface area contributed by atoms with E-state index >= 15 is 0 Å². The Hall–Kier alpha value is -0.930. The van der Waals surface area contributed by atoms with Crippen molar-refractivity contribution >= 4 is 35.1 Å². The van der Waals surface area contributed by atoms with Crippen molar-refractivity contribution in [3.8, 4) is 0 Å². The minimum Gasteiger partial charge on any atom is -0.456 e. The molecule has 1 saturated heterocycles. The molecule has 0 aromatic rings. The molecule has 2 heterocycles. The second-order valence-corrected chi connectivity index (χ2v) is 6.41. The average molecular weight is 331 g/mol. The number of aliphatic hydroxyl groups excluding tert-OH is 2. The minimum atomic E-state index is -0.971. The van der Waals surface area contributed by atoms with E-state index in [1.807, 2.05) is 0 Å². The second kappa shape index (κ2) is 6.45. The summed E-state index contributed by atoms with van der Waals surface area (Å²) in [5, 5.41) is 19.9. The summed E-state index contributed by atoms with van der Waals surface area (Å²) in [6, 6.07) is -0.368. The molecule has 21 heavy (non-hydrogen) atoms. The van der Waals surface area contributed by atoms with Crippen LogP contribution in [0.3, 0.4) is 0 Å². The molecule has 6 nitrogen and oxygen atoms in total. The van der Waals surface area contributed by atoms with E-state index in [9.17, 15) is 15.0 Å². The molecule has 8 heteroatoms. The van der Waals surface area contributed by atoms with E-state index in [-0.39, 0.29) is 41.9 Å². The largest absolute Gasteiger partial charge is 0.456 e. The molecule has 0 radical (unpaired) electrons. The van der Waals surface area contributed by atoms with Crippen molar-refractivity contribution in [2.24, 2.45) is 0 Å².